The monoisotopic (exact) mass is 355 g/mol. The van der Waals surface area contributed by atoms with Crippen LogP contribution < -0.4 is 19.5 Å². The highest BCUT2D eigenvalue weighted by atomic mass is 16.5. The van der Waals surface area contributed by atoms with Gasteiger partial charge in [0.2, 0.25) is 0 Å². The molecule has 2 aromatic rings. The van der Waals surface area contributed by atoms with E-state index in [0.29, 0.717) is 5.92 Å². The molecule has 0 aliphatic carbocycles. The minimum atomic E-state index is 0.132. The van der Waals surface area contributed by atoms with Gasteiger partial charge in [-0.15, -0.1) is 0 Å². The number of methoxy groups -OCH3 is 2. The Morgan fingerprint density at radius 2 is 1.96 bits per heavy atom. The fraction of sp³-hybridized carbons (Fsp3) is 0.455. The number of nitrogens with one attached hydrogen (secondary N) is 1. The van der Waals surface area contributed by atoms with Crippen LogP contribution in [0.2, 0.25) is 0 Å². The first-order valence-electron chi connectivity index (χ1n) is 9.34. The minimum absolute atomic E-state index is 0.132. The number of rotatable bonds is 7. The quantitative estimate of drug-likeness (QED) is 0.801. The second kappa shape index (κ2) is 8.45. The van der Waals surface area contributed by atoms with Gasteiger partial charge in [-0.05, 0) is 48.1 Å². The predicted molar refractivity (Wildman–Crippen MR) is 104 cm³/mol. The van der Waals surface area contributed by atoms with Crippen molar-refractivity contribution >= 4 is 0 Å². The van der Waals surface area contributed by atoms with E-state index in [2.05, 4.69) is 43.4 Å². The summed E-state index contributed by atoms with van der Waals surface area (Å²) < 4.78 is 17.0. The van der Waals surface area contributed by atoms with Gasteiger partial charge in [-0.1, -0.05) is 32.0 Å². The molecule has 0 spiro atoms. The molecule has 4 heteroatoms. The van der Waals surface area contributed by atoms with E-state index in [0.717, 1.165) is 43.2 Å². The molecule has 140 valence electrons. The molecule has 1 atom stereocenters. The van der Waals surface area contributed by atoms with Crippen molar-refractivity contribution in [2.75, 3.05) is 27.4 Å². The van der Waals surface area contributed by atoms with Gasteiger partial charge in [0, 0.05) is 12.1 Å². The zero-order valence-corrected chi connectivity index (χ0v) is 16.2. The van der Waals surface area contributed by atoms with Crippen LogP contribution in [-0.4, -0.2) is 27.4 Å². The molecule has 0 saturated carbocycles. The Kier molecular flexibility index (Phi) is 6.04. The van der Waals surface area contributed by atoms with Gasteiger partial charge < -0.3 is 19.5 Å². The fourth-order valence-corrected chi connectivity index (χ4v) is 3.48. The molecule has 0 saturated heterocycles. The summed E-state index contributed by atoms with van der Waals surface area (Å²) in [7, 11) is 3.39. The molecule has 0 amide bonds. The third-order valence-corrected chi connectivity index (χ3v) is 4.87. The van der Waals surface area contributed by atoms with E-state index in [1.165, 1.54) is 16.7 Å². The third-order valence-electron chi connectivity index (χ3n) is 4.87. The predicted octanol–water partition coefficient (Wildman–Crippen LogP) is 4.36. The molecule has 1 aliphatic heterocycles. The summed E-state index contributed by atoms with van der Waals surface area (Å²) in [5, 5.41) is 3.63. The Morgan fingerprint density at radius 3 is 2.69 bits per heavy atom. The van der Waals surface area contributed by atoms with Crippen molar-refractivity contribution < 1.29 is 14.2 Å². The summed E-state index contributed by atoms with van der Waals surface area (Å²) in [6.07, 6.45) is 1.99. The van der Waals surface area contributed by atoms with E-state index < -0.39 is 0 Å². The van der Waals surface area contributed by atoms with Crippen LogP contribution >= 0.6 is 0 Å². The van der Waals surface area contributed by atoms with Crippen LogP contribution in [0.1, 0.15) is 43.0 Å². The lowest BCUT2D eigenvalue weighted by molar-refractivity contribution is 0.289. The highest BCUT2D eigenvalue weighted by Crippen LogP contribution is 2.40. The van der Waals surface area contributed by atoms with E-state index in [9.17, 15) is 0 Å². The van der Waals surface area contributed by atoms with Crippen molar-refractivity contribution in [2.24, 2.45) is 5.92 Å². The second-order valence-electron chi connectivity index (χ2n) is 7.11. The van der Waals surface area contributed by atoms with Crippen LogP contribution in [-0.2, 0) is 6.42 Å². The first kappa shape index (κ1) is 18.6. The van der Waals surface area contributed by atoms with Crippen molar-refractivity contribution in [3.63, 3.8) is 0 Å². The van der Waals surface area contributed by atoms with Crippen LogP contribution in [0.15, 0.2) is 36.4 Å². The Hall–Kier alpha value is -2.20. The first-order valence-corrected chi connectivity index (χ1v) is 9.34. The number of benzene rings is 2. The molecule has 0 radical (unpaired) electrons. The molecule has 4 nitrogen and oxygen atoms in total. The molecule has 2 aromatic carbocycles. The van der Waals surface area contributed by atoms with Crippen LogP contribution in [0, 0.1) is 5.92 Å². The maximum Gasteiger partial charge on any atom is 0.164 e. The molecule has 26 heavy (non-hydrogen) atoms. The van der Waals surface area contributed by atoms with E-state index in [-0.39, 0.29) is 6.04 Å². The molecular weight excluding hydrogens is 326 g/mol. The Labute approximate surface area is 156 Å². The molecule has 1 N–H and O–H groups in total. The minimum Gasteiger partial charge on any atom is -0.494 e. The van der Waals surface area contributed by atoms with Gasteiger partial charge in [-0.2, -0.15) is 0 Å². The summed E-state index contributed by atoms with van der Waals surface area (Å²) in [5.41, 5.74) is 3.68. The Morgan fingerprint density at radius 1 is 1.12 bits per heavy atom. The van der Waals surface area contributed by atoms with Crippen molar-refractivity contribution in [1.82, 2.24) is 5.32 Å². The van der Waals surface area contributed by atoms with E-state index in [4.69, 9.17) is 14.2 Å². The third kappa shape index (κ3) is 3.96. The summed E-state index contributed by atoms with van der Waals surface area (Å²) in [6.45, 7) is 6.08. The molecule has 1 heterocycles. The maximum absolute atomic E-state index is 5.95. The van der Waals surface area contributed by atoms with Gasteiger partial charge in [-0.25, -0.2) is 0 Å². The van der Waals surface area contributed by atoms with Gasteiger partial charge in [0.25, 0.3) is 0 Å². The second-order valence-corrected chi connectivity index (χ2v) is 7.11. The smallest absolute Gasteiger partial charge is 0.164 e. The zero-order valence-electron chi connectivity index (χ0n) is 16.2. The molecule has 1 unspecified atom stereocenters. The van der Waals surface area contributed by atoms with Gasteiger partial charge in [-0.3, -0.25) is 0 Å². The molecule has 0 fully saturated rings. The van der Waals surface area contributed by atoms with Gasteiger partial charge in [0.1, 0.15) is 5.75 Å². The Balaban J connectivity index is 1.88. The highest BCUT2D eigenvalue weighted by molar-refractivity contribution is 5.54. The summed E-state index contributed by atoms with van der Waals surface area (Å²) in [6, 6.07) is 12.6. The number of ether oxygens (including phenoxy) is 3. The van der Waals surface area contributed by atoms with Gasteiger partial charge in [0.15, 0.2) is 11.5 Å². The molecule has 0 bridgehead atoms. The molecular formula is C22H29NO3. The standard InChI is InChI=1S/C22H29NO3/c1-15(2)11-13-26-17-7-5-6-16(14-17)21-18-8-9-20(24-3)22(25-4)19(18)10-12-23-21/h5-9,14-15,21,23H,10-13H2,1-4H3. The summed E-state index contributed by atoms with van der Waals surface area (Å²) >= 11 is 0. The van der Waals surface area contributed by atoms with Crippen molar-refractivity contribution in [2.45, 2.75) is 32.7 Å². The number of hydrogen-bond donors (Lipinski definition) is 1. The lowest BCUT2D eigenvalue weighted by Gasteiger charge is -2.29. The van der Waals surface area contributed by atoms with Gasteiger partial charge >= 0.3 is 0 Å². The fourth-order valence-electron chi connectivity index (χ4n) is 3.48. The Bertz CT molecular complexity index is 742. The molecule has 1 aliphatic rings. The molecule has 3 rings (SSSR count). The average Bonchev–Trinajstić information content (AvgIpc) is 2.66. The zero-order chi connectivity index (χ0) is 18.5. The number of fused-ring (bicyclic) bond motifs is 1. The lowest BCUT2D eigenvalue weighted by atomic mass is 9.89. The lowest BCUT2D eigenvalue weighted by Crippen LogP contribution is -2.31. The number of hydrogen-bond acceptors (Lipinski definition) is 4. The normalized spacial score (nSPS) is 16.3. The van der Waals surface area contributed by atoms with Crippen molar-refractivity contribution in [1.29, 1.82) is 0 Å². The van der Waals surface area contributed by atoms with Crippen LogP contribution in [0.3, 0.4) is 0 Å². The van der Waals surface area contributed by atoms with Gasteiger partial charge in [0.05, 0.1) is 26.9 Å². The first-order chi connectivity index (χ1) is 12.6. The SMILES string of the molecule is COc1ccc2c(c1OC)CCNC2c1cccc(OCCC(C)C)c1. The highest BCUT2D eigenvalue weighted by Gasteiger charge is 2.26. The van der Waals surface area contributed by atoms with E-state index in [1.54, 1.807) is 14.2 Å². The van der Waals surface area contributed by atoms with Crippen LogP contribution in [0.5, 0.6) is 17.2 Å². The van der Waals surface area contributed by atoms with Crippen LogP contribution in [0.4, 0.5) is 0 Å². The topological polar surface area (TPSA) is 39.7 Å². The maximum atomic E-state index is 5.95. The summed E-state index contributed by atoms with van der Waals surface area (Å²) in [4.78, 5) is 0. The van der Waals surface area contributed by atoms with Crippen molar-refractivity contribution in [3.8, 4) is 17.2 Å². The largest absolute Gasteiger partial charge is 0.494 e. The average molecular weight is 355 g/mol. The van der Waals surface area contributed by atoms with E-state index >= 15 is 0 Å². The van der Waals surface area contributed by atoms with Crippen molar-refractivity contribution in [3.05, 3.63) is 53.1 Å². The molecule has 0 aromatic heterocycles. The summed E-state index contributed by atoms with van der Waals surface area (Å²) in [5.74, 6) is 3.21. The van der Waals surface area contributed by atoms with E-state index in [1.807, 2.05) is 12.1 Å². The van der Waals surface area contributed by atoms with Crippen LogP contribution in [0.25, 0.3) is 0 Å².